The summed E-state index contributed by atoms with van der Waals surface area (Å²) in [6, 6.07) is 16.8. The van der Waals surface area contributed by atoms with Crippen LogP contribution in [-0.4, -0.2) is 13.2 Å². The zero-order valence-corrected chi connectivity index (χ0v) is 13.2. The largest absolute Gasteiger partial charge is 0.491 e. The van der Waals surface area contributed by atoms with Crippen molar-refractivity contribution in [3.05, 3.63) is 59.7 Å². The molecule has 0 aliphatic carbocycles. The predicted octanol–water partition coefficient (Wildman–Crippen LogP) is 5.00. The lowest BCUT2D eigenvalue weighted by Gasteiger charge is -2.16. The minimum absolute atomic E-state index is 0.534. The SMILES string of the molecule is CCC(C)c1ccccc1OCCNc1ccc(C)cc1. The Morgan fingerprint density at radius 1 is 1.05 bits per heavy atom. The zero-order chi connectivity index (χ0) is 15.1. The molecule has 0 fully saturated rings. The Kier molecular flexibility index (Phi) is 5.68. The number of ether oxygens (including phenoxy) is 1. The minimum Gasteiger partial charge on any atom is -0.491 e. The molecule has 1 unspecified atom stereocenters. The second kappa shape index (κ2) is 7.72. The average molecular weight is 283 g/mol. The summed E-state index contributed by atoms with van der Waals surface area (Å²) in [6.45, 7) is 8.02. The van der Waals surface area contributed by atoms with Crippen LogP contribution in [0.3, 0.4) is 0 Å². The fourth-order valence-electron chi connectivity index (χ4n) is 2.27. The maximum absolute atomic E-state index is 5.94. The third-order valence-corrected chi connectivity index (χ3v) is 3.80. The maximum Gasteiger partial charge on any atom is 0.122 e. The number of para-hydroxylation sites is 1. The number of nitrogens with one attached hydrogen (secondary N) is 1. The van der Waals surface area contributed by atoms with Crippen LogP contribution in [0.25, 0.3) is 0 Å². The summed E-state index contributed by atoms with van der Waals surface area (Å²) in [5.41, 5.74) is 3.72. The van der Waals surface area contributed by atoms with Crippen LogP contribution in [0.2, 0.25) is 0 Å². The second-order valence-electron chi connectivity index (χ2n) is 5.49. The molecule has 0 saturated heterocycles. The molecule has 0 aliphatic rings. The van der Waals surface area contributed by atoms with E-state index in [1.165, 1.54) is 11.1 Å². The van der Waals surface area contributed by atoms with E-state index in [1.807, 2.05) is 6.07 Å². The van der Waals surface area contributed by atoms with Gasteiger partial charge in [0.1, 0.15) is 12.4 Å². The van der Waals surface area contributed by atoms with E-state index in [9.17, 15) is 0 Å². The first-order valence-corrected chi connectivity index (χ1v) is 7.73. The standard InChI is InChI=1S/C19H25NO/c1-4-16(3)18-7-5-6-8-19(18)21-14-13-20-17-11-9-15(2)10-12-17/h5-12,16,20H,4,13-14H2,1-3H3. The molecule has 0 heterocycles. The highest BCUT2D eigenvalue weighted by molar-refractivity contribution is 5.44. The van der Waals surface area contributed by atoms with Gasteiger partial charge < -0.3 is 10.1 Å². The summed E-state index contributed by atoms with van der Waals surface area (Å²) in [4.78, 5) is 0. The number of aryl methyl sites for hydroxylation is 1. The lowest BCUT2D eigenvalue weighted by Crippen LogP contribution is -2.12. The van der Waals surface area contributed by atoms with E-state index in [4.69, 9.17) is 4.74 Å². The number of hydrogen-bond acceptors (Lipinski definition) is 2. The van der Waals surface area contributed by atoms with Crippen LogP contribution in [0.15, 0.2) is 48.5 Å². The molecule has 0 amide bonds. The molecule has 0 radical (unpaired) electrons. The van der Waals surface area contributed by atoms with Crippen LogP contribution >= 0.6 is 0 Å². The second-order valence-corrected chi connectivity index (χ2v) is 5.49. The number of rotatable bonds is 7. The van der Waals surface area contributed by atoms with Gasteiger partial charge in [0.05, 0.1) is 0 Å². The van der Waals surface area contributed by atoms with E-state index >= 15 is 0 Å². The van der Waals surface area contributed by atoms with Crippen molar-refractivity contribution in [1.29, 1.82) is 0 Å². The van der Waals surface area contributed by atoms with E-state index in [0.717, 1.165) is 24.4 Å². The lowest BCUT2D eigenvalue weighted by molar-refractivity contribution is 0.327. The molecule has 2 aromatic carbocycles. The van der Waals surface area contributed by atoms with E-state index in [0.29, 0.717) is 12.5 Å². The summed E-state index contributed by atoms with van der Waals surface area (Å²) in [6.07, 6.45) is 1.13. The van der Waals surface area contributed by atoms with Crippen LogP contribution in [0.4, 0.5) is 5.69 Å². The topological polar surface area (TPSA) is 21.3 Å². The van der Waals surface area contributed by atoms with Crippen LogP contribution in [0.1, 0.15) is 37.3 Å². The Bertz CT molecular complexity index is 548. The van der Waals surface area contributed by atoms with Crippen LogP contribution in [0.5, 0.6) is 5.75 Å². The first kappa shape index (κ1) is 15.4. The Balaban J connectivity index is 1.85. The monoisotopic (exact) mass is 283 g/mol. The molecule has 2 aromatic rings. The zero-order valence-electron chi connectivity index (χ0n) is 13.2. The number of anilines is 1. The third-order valence-electron chi connectivity index (χ3n) is 3.80. The Hall–Kier alpha value is -1.96. The molecule has 0 aromatic heterocycles. The van der Waals surface area contributed by atoms with Crippen molar-refractivity contribution < 1.29 is 4.74 Å². The van der Waals surface area contributed by atoms with Crippen molar-refractivity contribution in [3.8, 4) is 5.75 Å². The van der Waals surface area contributed by atoms with Crippen LogP contribution in [0, 0.1) is 6.92 Å². The van der Waals surface area contributed by atoms with Gasteiger partial charge in [-0.05, 0) is 43.0 Å². The molecule has 21 heavy (non-hydrogen) atoms. The van der Waals surface area contributed by atoms with Crippen molar-refractivity contribution in [1.82, 2.24) is 0 Å². The van der Waals surface area contributed by atoms with Gasteiger partial charge in [0, 0.05) is 12.2 Å². The van der Waals surface area contributed by atoms with Gasteiger partial charge in [-0.1, -0.05) is 49.7 Å². The Morgan fingerprint density at radius 2 is 1.76 bits per heavy atom. The Morgan fingerprint density at radius 3 is 2.48 bits per heavy atom. The first-order chi connectivity index (χ1) is 10.2. The lowest BCUT2D eigenvalue weighted by atomic mass is 9.98. The molecule has 0 bridgehead atoms. The van der Waals surface area contributed by atoms with Crippen molar-refractivity contribution in [2.75, 3.05) is 18.5 Å². The summed E-state index contributed by atoms with van der Waals surface area (Å²) in [7, 11) is 0. The number of hydrogen-bond donors (Lipinski definition) is 1. The molecule has 112 valence electrons. The van der Waals surface area contributed by atoms with Gasteiger partial charge in [-0.3, -0.25) is 0 Å². The smallest absolute Gasteiger partial charge is 0.122 e. The third kappa shape index (κ3) is 4.52. The van der Waals surface area contributed by atoms with Gasteiger partial charge in [0.25, 0.3) is 0 Å². The summed E-state index contributed by atoms with van der Waals surface area (Å²) in [5, 5.41) is 3.38. The molecule has 2 rings (SSSR count). The highest BCUT2D eigenvalue weighted by Crippen LogP contribution is 2.28. The molecule has 0 aliphatic heterocycles. The van der Waals surface area contributed by atoms with Crippen molar-refractivity contribution in [2.45, 2.75) is 33.1 Å². The normalized spacial score (nSPS) is 12.0. The molecule has 1 atom stereocenters. The fourth-order valence-corrected chi connectivity index (χ4v) is 2.27. The van der Waals surface area contributed by atoms with Gasteiger partial charge in [0.2, 0.25) is 0 Å². The van der Waals surface area contributed by atoms with E-state index < -0.39 is 0 Å². The molecule has 1 N–H and O–H groups in total. The average Bonchev–Trinajstić information content (AvgIpc) is 2.53. The molecular weight excluding hydrogens is 258 g/mol. The highest BCUT2D eigenvalue weighted by Gasteiger charge is 2.08. The molecule has 0 spiro atoms. The number of benzene rings is 2. The van der Waals surface area contributed by atoms with E-state index in [2.05, 4.69) is 68.6 Å². The van der Waals surface area contributed by atoms with Crippen LogP contribution < -0.4 is 10.1 Å². The molecular formula is C19H25NO. The maximum atomic E-state index is 5.94. The van der Waals surface area contributed by atoms with E-state index in [1.54, 1.807) is 0 Å². The van der Waals surface area contributed by atoms with E-state index in [-0.39, 0.29) is 0 Å². The van der Waals surface area contributed by atoms with Crippen molar-refractivity contribution >= 4 is 5.69 Å². The fraction of sp³-hybridized carbons (Fsp3) is 0.368. The van der Waals surface area contributed by atoms with Gasteiger partial charge in [-0.15, -0.1) is 0 Å². The van der Waals surface area contributed by atoms with Gasteiger partial charge >= 0.3 is 0 Å². The van der Waals surface area contributed by atoms with Gasteiger partial charge in [-0.2, -0.15) is 0 Å². The van der Waals surface area contributed by atoms with Crippen LogP contribution in [-0.2, 0) is 0 Å². The highest BCUT2D eigenvalue weighted by atomic mass is 16.5. The summed E-state index contributed by atoms with van der Waals surface area (Å²) in [5.74, 6) is 1.55. The first-order valence-electron chi connectivity index (χ1n) is 7.73. The predicted molar refractivity (Wildman–Crippen MR) is 90.3 cm³/mol. The van der Waals surface area contributed by atoms with Gasteiger partial charge in [0.15, 0.2) is 0 Å². The minimum atomic E-state index is 0.534. The van der Waals surface area contributed by atoms with Crippen molar-refractivity contribution in [3.63, 3.8) is 0 Å². The van der Waals surface area contributed by atoms with Crippen molar-refractivity contribution in [2.24, 2.45) is 0 Å². The summed E-state index contributed by atoms with van der Waals surface area (Å²) < 4.78 is 5.94. The molecule has 2 nitrogen and oxygen atoms in total. The quantitative estimate of drug-likeness (QED) is 0.722. The summed E-state index contributed by atoms with van der Waals surface area (Å²) >= 11 is 0. The Labute approximate surface area is 128 Å². The molecule has 2 heteroatoms. The molecule has 0 saturated carbocycles. The van der Waals surface area contributed by atoms with Gasteiger partial charge in [-0.25, -0.2) is 0 Å².